The monoisotopic (exact) mass is 234 g/mol. The van der Waals surface area contributed by atoms with Crippen LogP contribution in [-0.2, 0) is 4.79 Å². The number of anilines is 2. The Morgan fingerprint density at radius 2 is 2.24 bits per heavy atom. The van der Waals surface area contributed by atoms with Crippen LogP contribution in [0.3, 0.4) is 0 Å². The van der Waals surface area contributed by atoms with E-state index in [4.69, 9.17) is 0 Å². The summed E-state index contributed by atoms with van der Waals surface area (Å²) in [5, 5.41) is 12.3. The van der Waals surface area contributed by atoms with E-state index in [0.29, 0.717) is 11.6 Å². The van der Waals surface area contributed by atoms with E-state index in [-0.39, 0.29) is 5.91 Å². The normalized spacial score (nSPS) is 19.8. The zero-order chi connectivity index (χ0) is 12.6. The third-order valence-electron chi connectivity index (χ3n) is 3.50. The molecule has 0 spiro atoms. The lowest BCUT2D eigenvalue weighted by atomic mass is 10.1. The molecule has 0 aliphatic carbocycles. The summed E-state index contributed by atoms with van der Waals surface area (Å²) in [5.74, 6) is -0.344. The molecular weight excluding hydrogens is 216 g/mol. The third kappa shape index (κ3) is 2.00. The number of rotatable bonds is 3. The minimum atomic E-state index is -1.02. The van der Waals surface area contributed by atoms with E-state index in [9.17, 15) is 9.90 Å². The van der Waals surface area contributed by atoms with E-state index < -0.39 is 6.10 Å². The zero-order valence-corrected chi connectivity index (χ0v) is 10.4. The van der Waals surface area contributed by atoms with Crippen LogP contribution in [0.2, 0.25) is 0 Å². The van der Waals surface area contributed by atoms with Crippen molar-refractivity contribution in [1.29, 1.82) is 0 Å². The van der Waals surface area contributed by atoms with E-state index in [1.54, 1.807) is 0 Å². The molecule has 1 aromatic carbocycles. The number of amides is 1. The van der Waals surface area contributed by atoms with E-state index in [2.05, 4.69) is 24.1 Å². The second kappa shape index (κ2) is 4.37. The van der Waals surface area contributed by atoms with Crippen molar-refractivity contribution in [3.05, 3.63) is 23.8 Å². The summed E-state index contributed by atoms with van der Waals surface area (Å²) in [7, 11) is 2.03. The van der Waals surface area contributed by atoms with E-state index in [1.165, 1.54) is 0 Å². The maximum atomic E-state index is 11.3. The summed E-state index contributed by atoms with van der Waals surface area (Å²) < 4.78 is 0. The molecule has 4 heteroatoms. The Morgan fingerprint density at radius 1 is 1.53 bits per heavy atom. The molecule has 1 aliphatic rings. The number of fused-ring (bicyclic) bond motifs is 1. The van der Waals surface area contributed by atoms with Gasteiger partial charge in [-0.05, 0) is 25.5 Å². The molecule has 1 aliphatic heterocycles. The van der Waals surface area contributed by atoms with Crippen LogP contribution in [0.15, 0.2) is 18.2 Å². The lowest BCUT2D eigenvalue weighted by molar-refractivity contribution is -0.123. The molecule has 1 heterocycles. The van der Waals surface area contributed by atoms with Crippen LogP contribution in [0.5, 0.6) is 0 Å². The average Bonchev–Trinajstić information content (AvgIpc) is 2.62. The number of carbonyl (C=O) groups excluding carboxylic acids is 1. The van der Waals surface area contributed by atoms with Crippen molar-refractivity contribution in [2.45, 2.75) is 32.4 Å². The largest absolute Gasteiger partial charge is 0.378 e. The summed E-state index contributed by atoms with van der Waals surface area (Å²) >= 11 is 0. The second-order valence-corrected chi connectivity index (χ2v) is 4.53. The Hall–Kier alpha value is -1.55. The third-order valence-corrected chi connectivity index (χ3v) is 3.50. The van der Waals surface area contributed by atoms with Gasteiger partial charge in [-0.2, -0.15) is 0 Å². The Bertz CT molecular complexity index is 445. The van der Waals surface area contributed by atoms with Crippen molar-refractivity contribution in [2.24, 2.45) is 0 Å². The maximum Gasteiger partial charge on any atom is 0.257 e. The van der Waals surface area contributed by atoms with Crippen molar-refractivity contribution in [3.63, 3.8) is 0 Å². The van der Waals surface area contributed by atoms with Crippen molar-refractivity contribution >= 4 is 17.3 Å². The van der Waals surface area contributed by atoms with Crippen molar-refractivity contribution in [1.82, 2.24) is 0 Å². The first-order valence-electron chi connectivity index (χ1n) is 5.90. The van der Waals surface area contributed by atoms with Gasteiger partial charge in [0, 0.05) is 30.0 Å². The number of aliphatic hydroxyl groups excluding tert-OH is 1. The Morgan fingerprint density at radius 3 is 2.88 bits per heavy atom. The van der Waals surface area contributed by atoms with Crippen molar-refractivity contribution in [3.8, 4) is 0 Å². The molecule has 0 radical (unpaired) electrons. The molecule has 0 bridgehead atoms. The molecule has 2 rings (SSSR count). The first-order chi connectivity index (χ1) is 8.04. The summed E-state index contributed by atoms with van der Waals surface area (Å²) in [5.41, 5.74) is 2.43. The van der Waals surface area contributed by atoms with Gasteiger partial charge in [0.15, 0.2) is 6.10 Å². The number of aliphatic hydroxyl groups is 1. The average molecular weight is 234 g/mol. The standard InChI is InChI=1S/C13H18N2O2/c1-4-8(2)15(3)9-5-6-10-11(7-9)14-13(17)12(10)16/h5-8,12,16H,4H2,1-3H3,(H,14,17). The summed E-state index contributed by atoms with van der Waals surface area (Å²) in [6.07, 6.45) is 0.0377. The van der Waals surface area contributed by atoms with Gasteiger partial charge in [-0.25, -0.2) is 0 Å². The predicted molar refractivity (Wildman–Crippen MR) is 68.2 cm³/mol. The van der Waals surface area contributed by atoms with Crippen LogP contribution in [0.4, 0.5) is 11.4 Å². The number of nitrogens with zero attached hydrogens (tertiary/aromatic N) is 1. The molecule has 0 aromatic heterocycles. The number of hydrogen-bond acceptors (Lipinski definition) is 3. The van der Waals surface area contributed by atoms with Gasteiger partial charge in [0.2, 0.25) is 0 Å². The highest BCUT2D eigenvalue weighted by Gasteiger charge is 2.28. The van der Waals surface area contributed by atoms with E-state index in [1.807, 2.05) is 25.2 Å². The topological polar surface area (TPSA) is 52.6 Å². The first kappa shape index (κ1) is 11.9. The number of carbonyl (C=O) groups is 1. The highest BCUT2D eigenvalue weighted by molar-refractivity contribution is 6.02. The van der Waals surface area contributed by atoms with Gasteiger partial charge in [0.1, 0.15) is 0 Å². The molecule has 2 unspecified atom stereocenters. The van der Waals surface area contributed by atoms with Gasteiger partial charge in [-0.3, -0.25) is 4.79 Å². The van der Waals surface area contributed by atoms with Crippen LogP contribution < -0.4 is 10.2 Å². The van der Waals surface area contributed by atoms with E-state index in [0.717, 1.165) is 17.8 Å². The molecule has 0 fully saturated rings. The molecule has 4 nitrogen and oxygen atoms in total. The first-order valence-corrected chi connectivity index (χ1v) is 5.90. The molecular formula is C13H18N2O2. The molecule has 17 heavy (non-hydrogen) atoms. The lowest BCUT2D eigenvalue weighted by Gasteiger charge is -2.26. The van der Waals surface area contributed by atoms with Gasteiger partial charge in [0.25, 0.3) is 5.91 Å². The molecule has 92 valence electrons. The smallest absolute Gasteiger partial charge is 0.257 e. The quantitative estimate of drug-likeness (QED) is 0.840. The zero-order valence-electron chi connectivity index (χ0n) is 10.4. The maximum absolute atomic E-state index is 11.3. The van der Waals surface area contributed by atoms with Crippen molar-refractivity contribution < 1.29 is 9.90 Å². The van der Waals surface area contributed by atoms with Gasteiger partial charge in [-0.15, -0.1) is 0 Å². The highest BCUT2D eigenvalue weighted by atomic mass is 16.3. The predicted octanol–water partition coefficient (Wildman–Crippen LogP) is 1.91. The van der Waals surface area contributed by atoms with Gasteiger partial charge < -0.3 is 15.3 Å². The van der Waals surface area contributed by atoms with Gasteiger partial charge in [-0.1, -0.05) is 13.0 Å². The minimum absolute atomic E-state index is 0.344. The summed E-state index contributed by atoms with van der Waals surface area (Å²) in [4.78, 5) is 13.5. The molecule has 0 saturated heterocycles. The highest BCUT2D eigenvalue weighted by Crippen LogP contribution is 2.34. The lowest BCUT2D eigenvalue weighted by Crippen LogP contribution is -2.27. The second-order valence-electron chi connectivity index (χ2n) is 4.53. The SMILES string of the molecule is CCC(C)N(C)c1ccc2c(c1)NC(=O)C2O. The number of nitrogens with one attached hydrogen (secondary N) is 1. The molecule has 2 atom stereocenters. The number of benzene rings is 1. The minimum Gasteiger partial charge on any atom is -0.378 e. The van der Waals surface area contributed by atoms with Crippen molar-refractivity contribution in [2.75, 3.05) is 17.3 Å². The van der Waals surface area contributed by atoms with Crippen LogP contribution in [0.1, 0.15) is 31.9 Å². The van der Waals surface area contributed by atoms with Crippen LogP contribution in [0.25, 0.3) is 0 Å². The van der Waals surface area contributed by atoms with Gasteiger partial charge in [0.05, 0.1) is 0 Å². The van der Waals surface area contributed by atoms with E-state index >= 15 is 0 Å². The molecule has 1 amide bonds. The summed E-state index contributed by atoms with van der Waals surface area (Å²) in [6, 6.07) is 6.10. The van der Waals surface area contributed by atoms with Crippen LogP contribution in [-0.4, -0.2) is 24.1 Å². The van der Waals surface area contributed by atoms with Crippen LogP contribution in [0, 0.1) is 0 Å². The van der Waals surface area contributed by atoms with Gasteiger partial charge >= 0.3 is 0 Å². The fourth-order valence-corrected chi connectivity index (χ4v) is 1.98. The molecule has 0 saturated carbocycles. The fourth-order valence-electron chi connectivity index (χ4n) is 1.98. The fraction of sp³-hybridized carbons (Fsp3) is 0.462. The summed E-state index contributed by atoms with van der Waals surface area (Å²) in [6.45, 7) is 4.29. The molecule has 2 N–H and O–H groups in total. The Kier molecular flexibility index (Phi) is 3.07. The van der Waals surface area contributed by atoms with Crippen LogP contribution >= 0.6 is 0 Å². The number of hydrogen-bond donors (Lipinski definition) is 2. The Balaban J connectivity index is 2.30. The Labute approximate surface area is 101 Å². The molecule has 1 aromatic rings.